The molecule has 1 aromatic carbocycles. The molecular formula is C20H24N4O2. The Morgan fingerprint density at radius 2 is 2.15 bits per heavy atom. The van der Waals surface area contributed by atoms with Crippen LogP contribution in [0.25, 0.3) is 0 Å². The van der Waals surface area contributed by atoms with Gasteiger partial charge in [-0.25, -0.2) is 4.98 Å². The molecule has 1 aliphatic carbocycles. The van der Waals surface area contributed by atoms with Crippen molar-refractivity contribution >= 4 is 11.7 Å². The van der Waals surface area contributed by atoms with Crippen LogP contribution in [0, 0.1) is 0 Å². The highest BCUT2D eigenvalue weighted by atomic mass is 16.3. The standard InChI is InChI=1S/C20H24N4O2/c25-19(11-15-4-5-16-2-1-3-17(16)10-15)23-13-20(26)6-9-24(14-20)18-12-21-7-8-22-18/h4-5,7-8,10,12,26H,1-3,6,9,11,13-14H2,(H,23,25)/t20-/m1/s1. The second-order valence-electron chi connectivity index (χ2n) is 7.37. The van der Waals surface area contributed by atoms with Crippen molar-refractivity contribution in [2.24, 2.45) is 0 Å². The van der Waals surface area contributed by atoms with Gasteiger partial charge in [-0.1, -0.05) is 18.2 Å². The van der Waals surface area contributed by atoms with Crippen molar-refractivity contribution in [2.45, 2.75) is 37.7 Å². The lowest BCUT2D eigenvalue weighted by molar-refractivity contribution is -0.121. The maximum absolute atomic E-state index is 12.3. The zero-order chi connectivity index (χ0) is 18.0. The minimum atomic E-state index is -0.925. The fourth-order valence-electron chi connectivity index (χ4n) is 3.90. The highest BCUT2D eigenvalue weighted by Gasteiger charge is 2.37. The Balaban J connectivity index is 1.30. The van der Waals surface area contributed by atoms with E-state index < -0.39 is 5.60 Å². The van der Waals surface area contributed by atoms with E-state index in [4.69, 9.17) is 0 Å². The minimum Gasteiger partial charge on any atom is -0.386 e. The number of aliphatic hydroxyl groups is 1. The number of fused-ring (bicyclic) bond motifs is 1. The zero-order valence-corrected chi connectivity index (χ0v) is 14.8. The number of amides is 1. The van der Waals surface area contributed by atoms with Gasteiger partial charge in [-0.3, -0.25) is 9.78 Å². The van der Waals surface area contributed by atoms with E-state index in [1.165, 1.54) is 17.5 Å². The summed E-state index contributed by atoms with van der Waals surface area (Å²) in [6.07, 6.45) is 9.40. The minimum absolute atomic E-state index is 0.0469. The van der Waals surface area contributed by atoms with Crippen molar-refractivity contribution in [1.29, 1.82) is 0 Å². The van der Waals surface area contributed by atoms with Crippen molar-refractivity contribution in [3.63, 3.8) is 0 Å². The number of hydrogen-bond donors (Lipinski definition) is 2. The van der Waals surface area contributed by atoms with Crippen LogP contribution in [0.3, 0.4) is 0 Å². The first-order chi connectivity index (χ1) is 12.6. The number of carbonyl (C=O) groups excluding carboxylic acids is 1. The molecule has 0 saturated carbocycles. The van der Waals surface area contributed by atoms with Gasteiger partial charge in [0.25, 0.3) is 0 Å². The predicted molar refractivity (Wildman–Crippen MR) is 99.0 cm³/mol. The summed E-state index contributed by atoms with van der Waals surface area (Å²) in [5.74, 6) is 0.710. The molecule has 1 atom stereocenters. The first-order valence-electron chi connectivity index (χ1n) is 9.22. The number of hydrogen-bond acceptors (Lipinski definition) is 5. The lowest BCUT2D eigenvalue weighted by atomic mass is 10.0. The third kappa shape index (κ3) is 3.70. The molecule has 1 saturated heterocycles. The Kier molecular flexibility index (Phi) is 4.59. The summed E-state index contributed by atoms with van der Waals surface area (Å²) >= 11 is 0. The van der Waals surface area contributed by atoms with Gasteiger partial charge in [0.1, 0.15) is 11.4 Å². The van der Waals surface area contributed by atoms with Gasteiger partial charge in [-0.2, -0.15) is 0 Å². The molecule has 1 aromatic heterocycles. The quantitative estimate of drug-likeness (QED) is 0.847. The lowest BCUT2D eigenvalue weighted by Gasteiger charge is -2.24. The zero-order valence-electron chi connectivity index (χ0n) is 14.8. The van der Waals surface area contributed by atoms with Gasteiger partial charge in [-0.05, 0) is 42.4 Å². The topological polar surface area (TPSA) is 78.4 Å². The molecule has 26 heavy (non-hydrogen) atoms. The number of aromatic nitrogens is 2. The Hall–Kier alpha value is -2.47. The molecule has 0 radical (unpaired) electrons. The molecule has 1 amide bonds. The molecule has 0 bridgehead atoms. The SMILES string of the molecule is O=C(Cc1ccc2c(c1)CCC2)NC[C@]1(O)CCN(c2cnccn2)C1. The fraction of sp³-hybridized carbons (Fsp3) is 0.450. The third-order valence-electron chi connectivity index (χ3n) is 5.35. The predicted octanol–water partition coefficient (Wildman–Crippen LogP) is 1.27. The van der Waals surface area contributed by atoms with Gasteiger partial charge in [0.15, 0.2) is 0 Å². The fourth-order valence-corrected chi connectivity index (χ4v) is 3.90. The molecular weight excluding hydrogens is 328 g/mol. The number of anilines is 1. The van der Waals surface area contributed by atoms with E-state index >= 15 is 0 Å². The molecule has 2 heterocycles. The van der Waals surface area contributed by atoms with Crippen molar-refractivity contribution in [3.05, 3.63) is 53.5 Å². The van der Waals surface area contributed by atoms with E-state index in [0.717, 1.165) is 24.2 Å². The maximum Gasteiger partial charge on any atom is 0.224 e. The summed E-state index contributed by atoms with van der Waals surface area (Å²) < 4.78 is 0. The number of nitrogens with one attached hydrogen (secondary N) is 1. The van der Waals surface area contributed by atoms with Crippen LogP contribution in [0.5, 0.6) is 0 Å². The lowest BCUT2D eigenvalue weighted by Crippen LogP contribution is -2.45. The van der Waals surface area contributed by atoms with Crippen LogP contribution < -0.4 is 10.2 Å². The van der Waals surface area contributed by atoms with Crippen LogP contribution in [-0.2, 0) is 24.1 Å². The normalized spacial score (nSPS) is 21.7. The summed E-state index contributed by atoms with van der Waals surface area (Å²) in [5, 5.41) is 13.7. The average molecular weight is 352 g/mol. The molecule has 136 valence electrons. The van der Waals surface area contributed by atoms with E-state index in [1.54, 1.807) is 18.6 Å². The monoisotopic (exact) mass is 352 g/mol. The Morgan fingerprint density at radius 1 is 1.27 bits per heavy atom. The third-order valence-corrected chi connectivity index (χ3v) is 5.35. The van der Waals surface area contributed by atoms with Crippen LogP contribution in [0.4, 0.5) is 5.82 Å². The Labute approximate surface area is 153 Å². The molecule has 2 aliphatic rings. The molecule has 0 spiro atoms. The van der Waals surface area contributed by atoms with Gasteiger partial charge < -0.3 is 15.3 Å². The van der Waals surface area contributed by atoms with E-state index in [-0.39, 0.29) is 12.5 Å². The number of aryl methyl sites for hydroxylation is 2. The first kappa shape index (κ1) is 17.0. The molecule has 2 aromatic rings. The Morgan fingerprint density at radius 3 is 3.00 bits per heavy atom. The number of benzene rings is 1. The summed E-state index contributed by atoms with van der Waals surface area (Å²) in [7, 11) is 0. The van der Waals surface area contributed by atoms with Gasteiger partial charge in [-0.15, -0.1) is 0 Å². The van der Waals surface area contributed by atoms with E-state index in [2.05, 4.69) is 27.4 Å². The molecule has 1 aliphatic heterocycles. The average Bonchev–Trinajstić information content (AvgIpc) is 3.28. The molecule has 4 rings (SSSR count). The summed E-state index contributed by atoms with van der Waals surface area (Å²) in [4.78, 5) is 22.6. The largest absolute Gasteiger partial charge is 0.386 e. The summed E-state index contributed by atoms with van der Waals surface area (Å²) in [6.45, 7) is 1.41. The van der Waals surface area contributed by atoms with Gasteiger partial charge >= 0.3 is 0 Å². The first-order valence-corrected chi connectivity index (χ1v) is 9.22. The smallest absolute Gasteiger partial charge is 0.224 e. The van der Waals surface area contributed by atoms with Crippen LogP contribution >= 0.6 is 0 Å². The van der Waals surface area contributed by atoms with Crippen molar-refractivity contribution in [1.82, 2.24) is 15.3 Å². The molecule has 6 nitrogen and oxygen atoms in total. The van der Waals surface area contributed by atoms with Gasteiger partial charge in [0, 0.05) is 32.0 Å². The van der Waals surface area contributed by atoms with E-state index in [9.17, 15) is 9.90 Å². The highest BCUT2D eigenvalue weighted by molar-refractivity contribution is 5.78. The molecule has 6 heteroatoms. The summed E-state index contributed by atoms with van der Waals surface area (Å²) in [6, 6.07) is 6.35. The second kappa shape index (κ2) is 7.03. The van der Waals surface area contributed by atoms with Gasteiger partial charge in [0.2, 0.25) is 5.91 Å². The molecule has 2 N–H and O–H groups in total. The summed E-state index contributed by atoms with van der Waals surface area (Å²) in [5.41, 5.74) is 2.91. The Bertz CT molecular complexity index is 796. The molecule has 1 fully saturated rings. The van der Waals surface area contributed by atoms with Crippen LogP contribution in [-0.4, -0.2) is 46.2 Å². The van der Waals surface area contributed by atoms with Crippen LogP contribution in [0.1, 0.15) is 29.5 Å². The van der Waals surface area contributed by atoms with Gasteiger partial charge in [0.05, 0.1) is 12.6 Å². The number of rotatable bonds is 5. The van der Waals surface area contributed by atoms with Crippen LogP contribution in [0.2, 0.25) is 0 Å². The van der Waals surface area contributed by atoms with Crippen LogP contribution in [0.15, 0.2) is 36.8 Å². The molecule has 0 unspecified atom stereocenters. The number of β-amino-alcohol motifs (C(OH)–C–C–N with tert-alkyl or cyclic N) is 1. The number of carbonyl (C=O) groups is 1. The van der Waals surface area contributed by atoms with Crippen molar-refractivity contribution in [2.75, 3.05) is 24.5 Å². The number of nitrogens with zero attached hydrogens (tertiary/aromatic N) is 3. The van der Waals surface area contributed by atoms with E-state index in [1.807, 2.05) is 11.0 Å². The van der Waals surface area contributed by atoms with Crippen molar-refractivity contribution < 1.29 is 9.90 Å². The van der Waals surface area contributed by atoms with E-state index in [0.29, 0.717) is 25.9 Å². The van der Waals surface area contributed by atoms with Crippen molar-refractivity contribution in [3.8, 4) is 0 Å². The highest BCUT2D eigenvalue weighted by Crippen LogP contribution is 2.25. The second-order valence-corrected chi connectivity index (χ2v) is 7.37. The maximum atomic E-state index is 12.3.